The van der Waals surface area contributed by atoms with Gasteiger partial charge < -0.3 is 19.5 Å². The van der Waals surface area contributed by atoms with E-state index in [9.17, 15) is 14.4 Å². The fourth-order valence-electron chi connectivity index (χ4n) is 2.42. The van der Waals surface area contributed by atoms with Gasteiger partial charge in [-0.05, 0) is 48.9 Å². The smallest absolute Gasteiger partial charge is 0.344 e. The molecule has 0 atom stereocenters. The van der Waals surface area contributed by atoms with Gasteiger partial charge in [-0.3, -0.25) is 9.59 Å². The maximum atomic E-state index is 12.0. The van der Waals surface area contributed by atoms with Crippen LogP contribution in [0.25, 0.3) is 0 Å². The predicted octanol–water partition coefficient (Wildman–Crippen LogP) is 2.51. The third-order valence-corrected chi connectivity index (χ3v) is 3.91. The van der Waals surface area contributed by atoms with Gasteiger partial charge in [-0.2, -0.15) is 5.10 Å². The van der Waals surface area contributed by atoms with Crippen molar-refractivity contribution in [2.45, 2.75) is 19.8 Å². The van der Waals surface area contributed by atoms with E-state index in [1.165, 1.54) is 13.3 Å². The van der Waals surface area contributed by atoms with Crippen LogP contribution in [0.5, 0.6) is 11.5 Å². The highest BCUT2D eigenvalue weighted by molar-refractivity contribution is 5.94. The van der Waals surface area contributed by atoms with Crippen LogP contribution in [-0.2, 0) is 19.1 Å². The number of para-hydroxylation sites is 2. The first kappa shape index (κ1) is 23.4. The Morgan fingerprint density at radius 1 is 1.00 bits per heavy atom. The van der Waals surface area contributed by atoms with Crippen molar-refractivity contribution in [1.82, 2.24) is 5.43 Å². The molecule has 2 aromatic carbocycles. The van der Waals surface area contributed by atoms with Gasteiger partial charge in [0.1, 0.15) is 11.5 Å². The van der Waals surface area contributed by atoms with Gasteiger partial charge >= 0.3 is 5.97 Å². The highest BCUT2D eigenvalue weighted by Crippen LogP contribution is 2.23. The molecule has 0 heterocycles. The van der Waals surface area contributed by atoms with E-state index in [4.69, 9.17) is 14.2 Å². The molecule has 2 rings (SSSR count). The Morgan fingerprint density at radius 2 is 1.71 bits per heavy atom. The second-order valence-corrected chi connectivity index (χ2v) is 6.20. The molecule has 0 aliphatic rings. The number of hydrogen-bond acceptors (Lipinski definition) is 7. The third kappa shape index (κ3) is 8.57. The van der Waals surface area contributed by atoms with Gasteiger partial charge in [0.15, 0.2) is 6.61 Å². The number of anilines is 1. The van der Waals surface area contributed by atoms with Crippen LogP contribution < -0.4 is 20.2 Å². The van der Waals surface area contributed by atoms with Crippen LogP contribution >= 0.6 is 0 Å². The quantitative estimate of drug-likeness (QED) is 0.323. The Bertz CT molecular complexity index is 912. The van der Waals surface area contributed by atoms with Gasteiger partial charge in [0.25, 0.3) is 0 Å². The van der Waals surface area contributed by atoms with Crippen molar-refractivity contribution in [3.63, 3.8) is 0 Å². The molecule has 9 nitrogen and oxygen atoms in total. The van der Waals surface area contributed by atoms with Gasteiger partial charge in [0.05, 0.1) is 25.6 Å². The number of methoxy groups -OCH3 is 1. The lowest BCUT2D eigenvalue weighted by molar-refractivity contribution is -0.145. The lowest BCUT2D eigenvalue weighted by Gasteiger charge is -2.09. The van der Waals surface area contributed by atoms with Crippen LogP contribution in [0, 0.1) is 0 Å². The van der Waals surface area contributed by atoms with Crippen LogP contribution in [0.1, 0.15) is 25.3 Å². The van der Waals surface area contributed by atoms with E-state index in [0.717, 1.165) is 5.56 Å². The molecule has 0 saturated carbocycles. The Morgan fingerprint density at radius 3 is 2.42 bits per heavy atom. The molecule has 0 aliphatic heterocycles. The molecular formula is C22H25N3O6. The minimum Gasteiger partial charge on any atom is -0.495 e. The SMILES string of the molecule is CCOC(=O)COc1ccc(C=NNC(=O)CCC(=O)Nc2ccccc2OC)cc1. The van der Waals surface area contributed by atoms with Crippen LogP contribution in [0.3, 0.4) is 0 Å². The predicted molar refractivity (Wildman–Crippen MR) is 115 cm³/mol. The summed E-state index contributed by atoms with van der Waals surface area (Å²) in [6.45, 7) is 1.86. The minimum absolute atomic E-state index is 0.00586. The standard InChI is InChI=1S/C22H25N3O6/c1-3-30-22(28)15-31-17-10-8-16(9-11-17)14-23-25-21(27)13-12-20(26)24-18-6-4-5-7-19(18)29-2/h4-11,14H,3,12-13,15H2,1-2H3,(H,24,26)(H,25,27). The van der Waals surface area contributed by atoms with Crippen molar-refractivity contribution in [1.29, 1.82) is 0 Å². The van der Waals surface area contributed by atoms with Crippen molar-refractivity contribution in [2.24, 2.45) is 5.10 Å². The lowest BCUT2D eigenvalue weighted by Crippen LogP contribution is -2.20. The molecule has 2 N–H and O–H groups in total. The number of rotatable bonds is 11. The highest BCUT2D eigenvalue weighted by Gasteiger charge is 2.09. The maximum absolute atomic E-state index is 12.0. The zero-order valence-electron chi connectivity index (χ0n) is 17.4. The Balaban J connectivity index is 1.71. The van der Waals surface area contributed by atoms with Crippen LogP contribution in [-0.4, -0.2) is 44.3 Å². The Kier molecular flexibility index (Phi) is 9.54. The first-order chi connectivity index (χ1) is 15.0. The van der Waals surface area contributed by atoms with Crippen LogP contribution in [0.4, 0.5) is 5.69 Å². The molecule has 0 aromatic heterocycles. The summed E-state index contributed by atoms with van der Waals surface area (Å²) >= 11 is 0. The number of carbonyl (C=O) groups is 3. The number of nitrogens with one attached hydrogen (secondary N) is 2. The number of carbonyl (C=O) groups excluding carboxylic acids is 3. The van der Waals surface area contributed by atoms with E-state index >= 15 is 0 Å². The second-order valence-electron chi connectivity index (χ2n) is 6.20. The summed E-state index contributed by atoms with van der Waals surface area (Å²) in [4.78, 5) is 35.2. The summed E-state index contributed by atoms with van der Waals surface area (Å²) < 4.78 is 15.2. The fraction of sp³-hybridized carbons (Fsp3) is 0.273. The molecular weight excluding hydrogens is 402 g/mol. The Hall–Kier alpha value is -3.88. The summed E-state index contributed by atoms with van der Waals surface area (Å²) in [6, 6.07) is 13.8. The summed E-state index contributed by atoms with van der Waals surface area (Å²) in [5.74, 6) is -0.0761. The van der Waals surface area contributed by atoms with E-state index in [1.54, 1.807) is 55.5 Å². The van der Waals surface area contributed by atoms with Crippen molar-refractivity contribution in [2.75, 3.05) is 25.6 Å². The molecule has 0 saturated heterocycles. The van der Waals surface area contributed by atoms with Gasteiger partial charge in [0, 0.05) is 12.8 Å². The van der Waals surface area contributed by atoms with E-state index in [1.807, 2.05) is 0 Å². The third-order valence-electron chi connectivity index (χ3n) is 3.91. The molecule has 2 amide bonds. The van der Waals surface area contributed by atoms with E-state index in [0.29, 0.717) is 23.8 Å². The van der Waals surface area contributed by atoms with Crippen molar-refractivity contribution in [3.05, 3.63) is 54.1 Å². The first-order valence-corrected chi connectivity index (χ1v) is 9.65. The van der Waals surface area contributed by atoms with Crippen LogP contribution in [0.15, 0.2) is 53.6 Å². The highest BCUT2D eigenvalue weighted by atomic mass is 16.6. The van der Waals surface area contributed by atoms with E-state index in [2.05, 4.69) is 15.8 Å². The number of hydrazone groups is 1. The number of esters is 1. The monoisotopic (exact) mass is 427 g/mol. The maximum Gasteiger partial charge on any atom is 0.344 e. The first-order valence-electron chi connectivity index (χ1n) is 9.65. The van der Waals surface area contributed by atoms with Crippen LogP contribution in [0.2, 0.25) is 0 Å². The summed E-state index contributed by atoms with van der Waals surface area (Å²) in [5, 5.41) is 6.57. The van der Waals surface area contributed by atoms with Crippen molar-refractivity contribution in [3.8, 4) is 11.5 Å². The Labute approximate surface area is 180 Å². The lowest BCUT2D eigenvalue weighted by atomic mass is 10.2. The number of hydrogen-bond donors (Lipinski definition) is 2. The normalized spacial score (nSPS) is 10.4. The molecule has 164 valence electrons. The van der Waals surface area contributed by atoms with Gasteiger partial charge in [-0.15, -0.1) is 0 Å². The molecule has 0 aliphatic carbocycles. The summed E-state index contributed by atoms with van der Waals surface area (Å²) in [5.41, 5.74) is 3.64. The summed E-state index contributed by atoms with van der Waals surface area (Å²) in [6.07, 6.45) is 1.45. The zero-order chi connectivity index (χ0) is 22.5. The molecule has 2 aromatic rings. The largest absolute Gasteiger partial charge is 0.495 e. The fourth-order valence-corrected chi connectivity index (χ4v) is 2.42. The van der Waals surface area contributed by atoms with Gasteiger partial charge in [-0.25, -0.2) is 10.2 Å². The average Bonchev–Trinajstić information content (AvgIpc) is 2.78. The molecule has 0 radical (unpaired) electrons. The average molecular weight is 427 g/mol. The zero-order valence-corrected chi connectivity index (χ0v) is 17.4. The number of ether oxygens (including phenoxy) is 3. The number of benzene rings is 2. The second kappa shape index (κ2) is 12.6. The van der Waals surface area contributed by atoms with E-state index in [-0.39, 0.29) is 31.3 Å². The van der Waals surface area contributed by atoms with E-state index < -0.39 is 5.97 Å². The van der Waals surface area contributed by atoms with Crippen molar-refractivity contribution >= 4 is 29.7 Å². The minimum atomic E-state index is -0.438. The molecule has 9 heteroatoms. The topological polar surface area (TPSA) is 115 Å². The van der Waals surface area contributed by atoms with Gasteiger partial charge in [-0.1, -0.05) is 12.1 Å². The number of nitrogens with zero attached hydrogens (tertiary/aromatic N) is 1. The molecule has 0 bridgehead atoms. The number of amides is 2. The summed E-state index contributed by atoms with van der Waals surface area (Å²) in [7, 11) is 1.51. The van der Waals surface area contributed by atoms with Gasteiger partial charge in [0.2, 0.25) is 11.8 Å². The molecule has 0 unspecified atom stereocenters. The molecule has 0 spiro atoms. The molecule has 0 fully saturated rings. The van der Waals surface area contributed by atoms with Crippen molar-refractivity contribution < 1.29 is 28.6 Å². The molecule has 31 heavy (non-hydrogen) atoms.